The summed E-state index contributed by atoms with van der Waals surface area (Å²) in [7, 11) is 0. The number of aryl methyl sites for hydroxylation is 1. The smallest absolute Gasteiger partial charge is 0.267 e. The maximum Gasteiger partial charge on any atom is 0.267 e. The fourth-order valence-electron chi connectivity index (χ4n) is 2.65. The Bertz CT molecular complexity index is 1090. The molecule has 0 radical (unpaired) electrons. The molecule has 0 atom stereocenters. The second kappa shape index (κ2) is 9.73. The fraction of sp³-hybridized carbons (Fsp3) is 0.0435. The first kappa shape index (κ1) is 21.1. The Morgan fingerprint density at radius 1 is 1.03 bits per heavy atom. The van der Waals surface area contributed by atoms with E-state index in [0.29, 0.717) is 33.3 Å². The molecule has 3 aromatic carbocycles. The van der Waals surface area contributed by atoms with E-state index in [1.54, 1.807) is 42.5 Å². The van der Waals surface area contributed by atoms with Gasteiger partial charge in [-0.25, -0.2) is 5.48 Å². The van der Waals surface area contributed by atoms with Crippen LogP contribution in [-0.4, -0.2) is 17.0 Å². The van der Waals surface area contributed by atoms with Crippen molar-refractivity contribution in [2.75, 3.05) is 5.32 Å². The van der Waals surface area contributed by atoms with Gasteiger partial charge in [0, 0.05) is 16.8 Å². The second-order valence-corrected chi connectivity index (χ2v) is 6.84. The molecule has 0 fully saturated rings. The quantitative estimate of drug-likeness (QED) is 0.289. The van der Waals surface area contributed by atoms with E-state index in [-0.39, 0.29) is 0 Å². The number of para-hydroxylation sites is 1. The lowest BCUT2D eigenvalue weighted by Gasteiger charge is -2.13. The Morgan fingerprint density at radius 3 is 2.50 bits per heavy atom. The number of amides is 2. The maximum atomic E-state index is 13.0. The van der Waals surface area contributed by atoms with Crippen molar-refractivity contribution in [2.45, 2.75) is 6.92 Å². The minimum atomic E-state index is -0.695. The summed E-state index contributed by atoms with van der Waals surface area (Å²) >= 11 is 6.07. The number of rotatable bonds is 6. The number of anilines is 1. The first-order valence-electron chi connectivity index (χ1n) is 9.03. The Morgan fingerprint density at radius 2 is 1.77 bits per heavy atom. The van der Waals surface area contributed by atoms with E-state index in [9.17, 15) is 9.59 Å². The monoisotopic (exact) mass is 422 g/mol. The molecule has 0 saturated heterocycles. The zero-order valence-corrected chi connectivity index (χ0v) is 16.8. The molecule has 152 valence electrons. The molecule has 0 saturated carbocycles. The lowest BCUT2D eigenvalue weighted by atomic mass is 10.1. The van der Waals surface area contributed by atoms with E-state index < -0.39 is 11.8 Å². The Hall–Kier alpha value is -3.61. The summed E-state index contributed by atoms with van der Waals surface area (Å²) < 4.78 is 5.89. The molecule has 30 heavy (non-hydrogen) atoms. The summed E-state index contributed by atoms with van der Waals surface area (Å²) in [6.45, 7) is 1.98. The molecular weight excluding hydrogens is 404 g/mol. The molecule has 0 bridgehead atoms. The van der Waals surface area contributed by atoms with Gasteiger partial charge in [0.1, 0.15) is 11.5 Å². The van der Waals surface area contributed by atoms with Crippen molar-refractivity contribution in [3.63, 3.8) is 0 Å². The van der Waals surface area contributed by atoms with Crippen LogP contribution in [0.2, 0.25) is 5.02 Å². The predicted octanol–water partition coefficient (Wildman–Crippen LogP) is 5.21. The number of carbonyl (C=O) groups excluding carboxylic acids is 2. The lowest BCUT2D eigenvalue weighted by Crippen LogP contribution is -2.15. The van der Waals surface area contributed by atoms with Gasteiger partial charge >= 0.3 is 0 Å². The minimum absolute atomic E-state index is 0.334. The number of hydrogen-bond acceptors (Lipinski definition) is 4. The Balaban J connectivity index is 1.86. The van der Waals surface area contributed by atoms with Gasteiger partial charge in [0.2, 0.25) is 0 Å². The molecule has 0 aliphatic carbocycles. The van der Waals surface area contributed by atoms with Crippen LogP contribution in [-0.2, 0) is 4.79 Å². The van der Waals surface area contributed by atoms with Crippen molar-refractivity contribution in [1.82, 2.24) is 5.48 Å². The molecule has 0 aliphatic heterocycles. The molecule has 0 aliphatic rings. The molecule has 3 rings (SSSR count). The standard InChI is InChI=1S/C23H19ClN2O4/c1-15-6-11-18(12-7-15)30-21-5-3-2-4-19(21)23(28)25-20-14-17(24)10-8-16(20)9-13-22(27)26-29/h2-14,29H,1H3,(H,25,28)(H,26,27)/b13-9+. The molecule has 6 nitrogen and oxygen atoms in total. The normalized spacial score (nSPS) is 10.6. The van der Waals surface area contributed by atoms with E-state index in [2.05, 4.69) is 5.32 Å². The highest BCUT2D eigenvalue weighted by molar-refractivity contribution is 6.31. The summed E-state index contributed by atoms with van der Waals surface area (Å²) in [4.78, 5) is 24.2. The minimum Gasteiger partial charge on any atom is -0.457 e. The number of nitrogens with one attached hydrogen (secondary N) is 2. The summed E-state index contributed by atoms with van der Waals surface area (Å²) in [5.41, 5.74) is 3.88. The van der Waals surface area contributed by atoms with Gasteiger partial charge in [-0.1, -0.05) is 47.5 Å². The highest BCUT2D eigenvalue weighted by Crippen LogP contribution is 2.28. The molecular formula is C23H19ClN2O4. The maximum absolute atomic E-state index is 13.0. The predicted molar refractivity (Wildman–Crippen MR) is 116 cm³/mol. The van der Waals surface area contributed by atoms with Crippen LogP contribution in [0.5, 0.6) is 11.5 Å². The zero-order chi connectivity index (χ0) is 21.5. The van der Waals surface area contributed by atoms with Gasteiger partial charge in [-0.2, -0.15) is 0 Å². The van der Waals surface area contributed by atoms with E-state index in [1.165, 1.54) is 11.6 Å². The zero-order valence-electron chi connectivity index (χ0n) is 16.1. The van der Waals surface area contributed by atoms with Crippen molar-refractivity contribution in [2.24, 2.45) is 0 Å². The molecule has 0 unspecified atom stereocenters. The van der Waals surface area contributed by atoms with E-state index in [0.717, 1.165) is 11.6 Å². The third kappa shape index (κ3) is 5.47. The first-order valence-corrected chi connectivity index (χ1v) is 9.40. The van der Waals surface area contributed by atoms with Crippen LogP contribution in [0.4, 0.5) is 5.69 Å². The van der Waals surface area contributed by atoms with Crippen LogP contribution in [0.25, 0.3) is 6.08 Å². The highest BCUT2D eigenvalue weighted by atomic mass is 35.5. The summed E-state index contributed by atoms with van der Waals surface area (Å²) in [6, 6.07) is 19.2. The van der Waals surface area contributed by atoms with Crippen LogP contribution in [0.1, 0.15) is 21.5 Å². The topological polar surface area (TPSA) is 87.7 Å². The van der Waals surface area contributed by atoms with Gasteiger partial charge in [-0.05, 0) is 55.0 Å². The molecule has 0 aromatic heterocycles. The van der Waals surface area contributed by atoms with Gasteiger partial charge in [0.15, 0.2) is 0 Å². The molecule has 0 heterocycles. The molecule has 3 N–H and O–H groups in total. The van der Waals surface area contributed by atoms with Gasteiger partial charge in [-0.15, -0.1) is 0 Å². The first-order chi connectivity index (χ1) is 14.5. The molecule has 2 amide bonds. The van der Waals surface area contributed by atoms with Crippen LogP contribution in [0, 0.1) is 6.92 Å². The number of hydrogen-bond donors (Lipinski definition) is 3. The molecule has 3 aromatic rings. The Kier molecular flexibility index (Phi) is 6.85. The van der Waals surface area contributed by atoms with Gasteiger partial charge in [-0.3, -0.25) is 14.8 Å². The molecule has 0 spiro atoms. The van der Waals surface area contributed by atoms with Crippen molar-refractivity contribution < 1.29 is 19.5 Å². The number of ether oxygens (including phenoxy) is 1. The van der Waals surface area contributed by atoms with E-state index >= 15 is 0 Å². The number of carbonyl (C=O) groups is 2. The fourth-order valence-corrected chi connectivity index (χ4v) is 2.82. The summed E-state index contributed by atoms with van der Waals surface area (Å²) in [5, 5.41) is 11.8. The second-order valence-electron chi connectivity index (χ2n) is 6.41. The molecule has 7 heteroatoms. The number of hydroxylamine groups is 1. The average Bonchev–Trinajstić information content (AvgIpc) is 2.75. The lowest BCUT2D eigenvalue weighted by molar-refractivity contribution is -0.124. The van der Waals surface area contributed by atoms with Crippen LogP contribution >= 0.6 is 11.6 Å². The third-order valence-corrected chi connectivity index (χ3v) is 4.40. The third-order valence-electron chi connectivity index (χ3n) is 4.17. The van der Waals surface area contributed by atoms with E-state index in [1.807, 2.05) is 31.2 Å². The number of benzene rings is 3. The van der Waals surface area contributed by atoms with Crippen LogP contribution < -0.4 is 15.5 Å². The van der Waals surface area contributed by atoms with Gasteiger partial charge in [0.25, 0.3) is 11.8 Å². The van der Waals surface area contributed by atoms with Crippen LogP contribution in [0.3, 0.4) is 0 Å². The van der Waals surface area contributed by atoms with E-state index in [4.69, 9.17) is 21.5 Å². The van der Waals surface area contributed by atoms with Crippen molar-refractivity contribution in [3.05, 3.63) is 94.5 Å². The average molecular weight is 423 g/mol. The van der Waals surface area contributed by atoms with Crippen LogP contribution in [0.15, 0.2) is 72.8 Å². The highest BCUT2D eigenvalue weighted by Gasteiger charge is 2.15. The summed E-state index contributed by atoms with van der Waals surface area (Å²) in [6.07, 6.45) is 2.58. The largest absolute Gasteiger partial charge is 0.457 e. The SMILES string of the molecule is Cc1ccc(Oc2ccccc2C(=O)Nc2cc(Cl)ccc2/C=C/C(=O)NO)cc1. The van der Waals surface area contributed by atoms with Gasteiger partial charge in [0.05, 0.1) is 5.56 Å². The van der Waals surface area contributed by atoms with Crippen molar-refractivity contribution in [3.8, 4) is 11.5 Å². The number of halogens is 1. The Labute approximate surface area is 178 Å². The van der Waals surface area contributed by atoms with Crippen molar-refractivity contribution in [1.29, 1.82) is 0 Å². The summed E-state index contributed by atoms with van der Waals surface area (Å²) in [5.74, 6) is -0.0832. The van der Waals surface area contributed by atoms with Crippen molar-refractivity contribution >= 4 is 35.2 Å². The van der Waals surface area contributed by atoms with Gasteiger partial charge < -0.3 is 10.1 Å².